The lowest BCUT2D eigenvalue weighted by molar-refractivity contribution is -0.120. The Labute approximate surface area is 86.7 Å². The molecule has 14 heavy (non-hydrogen) atoms. The van der Waals surface area contributed by atoms with Gasteiger partial charge in [-0.25, -0.2) is 0 Å². The van der Waals surface area contributed by atoms with Gasteiger partial charge in [0.1, 0.15) is 5.78 Å². The third kappa shape index (κ3) is 2.17. The van der Waals surface area contributed by atoms with Crippen molar-refractivity contribution in [3.63, 3.8) is 0 Å². The predicted molar refractivity (Wildman–Crippen MR) is 57.2 cm³/mol. The highest BCUT2D eigenvalue weighted by molar-refractivity contribution is 5.80. The zero-order chi connectivity index (χ0) is 9.97. The molecule has 1 heterocycles. The van der Waals surface area contributed by atoms with Gasteiger partial charge in [0.05, 0.1) is 6.54 Å². The predicted octanol–water partition coefficient (Wildman–Crippen LogP) is 2.09. The summed E-state index contributed by atoms with van der Waals surface area (Å²) in [6, 6.07) is 0. The molecule has 0 spiro atoms. The summed E-state index contributed by atoms with van der Waals surface area (Å²) in [5, 5.41) is 0. The van der Waals surface area contributed by atoms with E-state index in [2.05, 4.69) is 11.8 Å². The number of ketones is 1. The molecular formula is C12H21NO. The van der Waals surface area contributed by atoms with Gasteiger partial charge in [-0.05, 0) is 31.1 Å². The van der Waals surface area contributed by atoms with Crippen LogP contribution in [0.3, 0.4) is 0 Å². The molecule has 1 aliphatic heterocycles. The highest BCUT2D eigenvalue weighted by Crippen LogP contribution is 2.37. The number of likely N-dealkylation sites (tertiary alicyclic amines) is 1. The van der Waals surface area contributed by atoms with E-state index in [-0.39, 0.29) is 0 Å². The van der Waals surface area contributed by atoms with Gasteiger partial charge < -0.3 is 0 Å². The number of carbonyl (C=O) groups is 1. The third-order valence-corrected chi connectivity index (χ3v) is 3.73. The molecule has 0 aromatic carbocycles. The summed E-state index contributed by atoms with van der Waals surface area (Å²) >= 11 is 0. The summed E-state index contributed by atoms with van der Waals surface area (Å²) in [7, 11) is 0. The number of Topliss-reactive ketones (excluding diaryl/α,β-unsaturated/α-hetero) is 1. The molecule has 0 amide bonds. The molecule has 1 saturated heterocycles. The lowest BCUT2D eigenvalue weighted by atomic mass is 10.0. The Balaban J connectivity index is 1.76. The van der Waals surface area contributed by atoms with Gasteiger partial charge in [-0.2, -0.15) is 0 Å². The Morgan fingerprint density at radius 2 is 1.93 bits per heavy atom. The fourth-order valence-electron chi connectivity index (χ4n) is 3.07. The number of nitrogens with zero attached hydrogens (tertiary/aromatic N) is 1. The Bertz CT molecular complexity index is 202. The van der Waals surface area contributed by atoms with Crippen molar-refractivity contribution in [3.8, 4) is 0 Å². The summed E-state index contributed by atoms with van der Waals surface area (Å²) < 4.78 is 0. The van der Waals surface area contributed by atoms with Gasteiger partial charge in [0, 0.05) is 19.5 Å². The van der Waals surface area contributed by atoms with Gasteiger partial charge in [0.15, 0.2) is 0 Å². The molecule has 0 radical (unpaired) electrons. The van der Waals surface area contributed by atoms with Crippen molar-refractivity contribution in [2.75, 3.05) is 19.6 Å². The zero-order valence-corrected chi connectivity index (χ0v) is 9.17. The van der Waals surface area contributed by atoms with E-state index in [4.69, 9.17) is 0 Å². The SMILES string of the molecule is CCCC(=O)CN1CC2CCCC2C1. The average molecular weight is 195 g/mol. The molecule has 2 nitrogen and oxygen atoms in total. The summed E-state index contributed by atoms with van der Waals surface area (Å²) in [6.45, 7) is 5.19. The van der Waals surface area contributed by atoms with E-state index in [9.17, 15) is 4.79 Å². The average Bonchev–Trinajstić information content (AvgIpc) is 2.63. The van der Waals surface area contributed by atoms with Crippen molar-refractivity contribution in [2.45, 2.75) is 39.0 Å². The van der Waals surface area contributed by atoms with Crippen molar-refractivity contribution < 1.29 is 4.79 Å². The highest BCUT2D eigenvalue weighted by atomic mass is 16.1. The normalized spacial score (nSPS) is 32.1. The zero-order valence-electron chi connectivity index (χ0n) is 9.17. The topological polar surface area (TPSA) is 20.3 Å². The first-order chi connectivity index (χ1) is 6.79. The Morgan fingerprint density at radius 1 is 1.29 bits per heavy atom. The second kappa shape index (κ2) is 4.43. The Morgan fingerprint density at radius 3 is 2.50 bits per heavy atom. The highest BCUT2D eigenvalue weighted by Gasteiger charge is 2.36. The summed E-state index contributed by atoms with van der Waals surface area (Å²) in [4.78, 5) is 13.9. The van der Waals surface area contributed by atoms with Gasteiger partial charge >= 0.3 is 0 Å². The standard InChI is InChI=1S/C12H21NO/c1-2-4-12(14)9-13-7-10-5-3-6-11(10)8-13/h10-11H,2-9H2,1H3. The fraction of sp³-hybridized carbons (Fsp3) is 0.917. The minimum Gasteiger partial charge on any atom is -0.298 e. The lowest BCUT2D eigenvalue weighted by Gasteiger charge is -2.15. The van der Waals surface area contributed by atoms with Crippen LogP contribution in [0.1, 0.15) is 39.0 Å². The maximum atomic E-state index is 11.5. The summed E-state index contributed by atoms with van der Waals surface area (Å²) in [5.74, 6) is 2.28. The van der Waals surface area contributed by atoms with E-state index >= 15 is 0 Å². The smallest absolute Gasteiger partial charge is 0.146 e. The summed E-state index contributed by atoms with van der Waals surface area (Å²) in [5.41, 5.74) is 0. The molecule has 2 rings (SSSR count). The minimum atomic E-state index is 0.437. The van der Waals surface area contributed by atoms with Crippen LogP contribution in [0.5, 0.6) is 0 Å². The molecule has 2 heteroatoms. The third-order valence-electron chi connectivity index (χ3n) is 3.73. The first-order valence-electron chi connectivity index (χ1n) is 6.03. The summed E-state index contributed by atoms with van der Waals surface area (Å²) in [6.07, 6.45) is 6.00. The Hall–Kier alpha value is -0.370. The van der Waals surface area contributed by atoms with Gasteiger partial charge in [0.2, 0.25) is 0 Å². The van der Waals surface area contributed by atoms with Crippen LogP contribution < -0.4 is 0 Å². The second-order valence-electron chi connectivity index (χ2n) is 4.93. The molecule has 0 aromatic heterocycles. The van der Waals surface area contributed by atoms with Crippen LogP contribution in [0, 0.1) is 11.8 Å². The number of carbonyl (C=O) groups excluding carboxylic acids is 1. The number of fused-ring (bicyclic) bond motifs is 1. The van der Waals surface area contributed by atoms with E-state index in [1.165, 1.54) is 32.4 Å². The van der Waals surface area contributed by atoms with Crippen LogP contribution in [-0.2, 0) is 4.79 Å². The van der Waals surface area contributed by atoms with Crippen LogP contribution in [-0.4, -0.2) is 30.3 Å². The molecule has 0 bridgehead atoms. The molecule has 2 fully saturated rings. The van der Waals surface area contributed by atoms with Crippen LogP contribution in [0.25, 0.3) is 0 Å². The number of hydrogen-bond acceptors (Lipinski definition) is 2. The van der Waals surface area contributed by atoms with Crippen LogP contribution in [0.4, 0.5) is 0 Å². The fourth-order valence-corrected chi connectivity index (χ4v) is 3.07. The first kappa shape index (κ1) is 10.2. The molecule has 80 valence electrons. The van der Waals surface area contributed by atoms with Gasteiger partial charge in [-0.3, -0.25) is 9.69 Å². The molecule has 2 aliphatic rings. The largest absolute Gasteiger partial charge is 0.298 e. The Kier molecular flexibility index (Phi) is 3.22. The number of rotatable bonds is 4. The van der Waals surface area contributed by atoms with E-state index in [1.807, 2.05) is 0 Å². The van der Waals surface area contributed by atoms with E-state index in [1.54, 1.807) is 0 Å². The molecule has 0 N–H and O–H groups in total. The van der Waals surface area contributed by atoms with Crippen LogP contribution >= 0.6 is 0 Å². The van der Waals surface area contributed by atoms with Gasteiger partial charge in [0.25, 0.3) is 0 Å². The van der Waals surface area contributed by atoms with E-state index < -0.39 is 0 Å². The quantitative estimate of drug-likeness (QED) is 0.684. The van der Waals surface area contributed by atoms with E-state index in [0.29, 0.717) is 5.78 Å². The maximum absolute atomic E-state index is 11.5. The number of hydrogen-bond donors (Lipinski definition) is 0. The molecule has 0 aromatic rings. The minimum absolute atomic E-state index is 0.437. The van der Waals surface area contributed by atoms with E-state index in [0.717, 1.165) is 31.2 Å². The van der Waals surface area contributed by atoms with Crippen molar-refractivity contribution in [2.24, 2.45) is 11.8 Å². The lowest BCUT2D eigenvalue weighted by Crippen LogP contribution is -2.28. The second-order valence-corrected chi connectivity index (χ2v) is 4.93. The van der Waals surface area contributed by atoms with Crippen molar-refractivity contribution >= 4 is 5.78 Å². The monoisotopic (exact) mass is 195 g/mol. The van der Waals surface area contributed by atoms with Gasteiger partial charge in [-0.1, -0.05) is 13.3 Å². The van der Waals surface area contributed by atoms with Crippen LogP contribution in [0.2, 0.25) is 0 Å². The molecule has 1 saturated carbocycles. The van der Waals surface area contributed by atoms with Gasteiger partial charge in [-0.15, -0.1) is 0 Å². The van der Waals surface area contributed by atoms with Crippen molar-refractivity contribution in [3.05, 3.63) is 0 Å². The molecule has 2 unspecified atom stereocenters. The first-order valence-corrected chi connectivity index (χ1v) is 6.03. The molecule has 2 atom stereocenters. The molecular weight excluding hydrogens is 174 g/mol. The molecule has 1 aliphatic carbocycles. The maximum Gasteiger partial charge on any atom is 0.146 e. The van der Waals surface area contributed by atoms with Crippen LogP contribution in [0.15, 0.2) is 0 Å². The van der Waals surface area contributed by atoms with Crippen molar-refractivity contribution in [1.82, 2.24) is 4.90 Å². The van der Waals surface area contributed by atoms with Crippen molar-refractivity contribution in [1.29, 1.82) is 0 Å².